The SMILES string of the molecule is COc1cc(Cl)cc2cc(/C=C/C(=O)Nc3ccc(N4CCOCC4)cc3)oc12. The zero-order chi connectivity index (χ0) is 20.2. The maximum atomic E-state index is 12.3. The Hall–Kier alpha value is -2.96. The molecule has 1 aliphatic heterocycles. The Bertz CT molecular complexity index is 1040. The van der Waals surface area contributed by atoms with Gasteiger partial charge in [0.2, 0.25) is 5.91 Å². The number of morpholine rings is 1. The van der Waals surface area contributed by atoms with Crippen LogP contribution in [0.1, 0.15) is 5.76 Å². The first-order valence-electron chi connectivity index (χ1n) is 9.31. The van der Waals surface area contributed by atoms with Crippen LogP contribution in [0.3, 0.4) is 0 Å². The summed E-state index contributed by atoms with van der Waals surface area (Å²) in [6, 6.07) is 13.1. The van der Waals surface area contributed by atoms with E-state index in [0.29, 0.717) is 22.1 Å². The molecule has 0 unspecified atom stereocenters. The molecule has 1 aromatic heterocycles. The molecular weight excluding hydrogens is 392 g/mol. The van der Waals surface area contributed by atoms with Crippen molar-refractivity contribution in [3.05, 3.63) is 59.3 Å². The van der Waals surface area contributed by atoms with E-state index in [1.807, 2.05) is 30.3 Å². The molecule has 1 amide bonds. The van der Waals surface area contributed by atoms with Crippen LogP contribution in [0.15, 0.2) is 53.0 Å². The number of benzene rings is 2. The lowest BCUT2D eigenvalue weighted by Crippen LogP contribution is -2.36. The number of ether oxygens (including phenoxy) is 2. The largest absolute Gasteiger partial charge is 0.493 e. The summed E-state index contributed by atoms with van der Waals surface area (Å²) in [5.41, 5.74) is 2.45. The van der Waals surface area contributed by atoms with E-state index >= 15 is 0 Å². The van der Waals surface area contributed by atoms with E-state index in [1.165, 1.54) is 6.08 Å². The van der Waals surface area contributed by atoms with Crippen molar-refractivity contribution in [2.45, 2.75) is 0 Å². The second kappa shape index (κ2) is 8.59. The number of hydrogen-bond acceptors (Lipinski definition) is 5. The van der Waals surface area contributed by atoms with E-state index in [1.54, 1.807) is 25.3 Å². The Labute approximate surface area is 173 Å². The Morgan fingerprint density at radius 3 is 2.66 bits per heavy atom. The minimum atomic E-state index is -0.241. The van der Waals surface area contributed by atoms with Crippen LogP contribution in [0, 0.1) is 0 Å². The number of carbonyl (C=O) groups is 1. The molecule has 0 aliphatic carbocycles. The fourth-order valence-corrected chi connectivity index (χ4v) is 3.48. The maximum absolute atomic E-state index is 12.3. The highest BCUT2D eigenvalue weighted by atomic mass is 35.5. The zero-order valence-corrected chi connectivity index (χ0v) is 16.7. The number of anilines is 2. The van der Waals surface area contributed by atoms with Crippen LogP contribution in [-0.2, 0) is 9.53 Å². The highest BCUT2D eigenvalue weighted by molar-refractivity contribution is 6.31. The topological polar surface area (TPSA) is 63.9 Å². The normalized spacial score (nSPS) is 14.5. The van der Waals surface area contributed by atoms with Crippen LogP contribution in [-0.4, -0.2) is 39.3 Å². The molecule has 1 aliphatic rings. The van der Waals surface area contributed by atoms with E-state index in [0.717, 1.165) is 43.1 Å². The quantitative estimate of drug-likeness (QED) is 0.621. The smallest absolute Gasteiger partial charge is 0.248 e. The van der Waals surface area contributed by atoms with Gasteiger partial charge in [0, 0.05) is 47.0 Å². The third-order valence-corrected chi connectivity index (χ3v) is 4.91. The van der Waals surface area contributed by atoms with E-state index in [9.17, 15) is 4.79 Å². The Morgan fingerprint density at radius 1 is 1.17 bits per heavy atom. The van der Waals surface area contributed by atoms with Gasteiger partial charge in [0.05, 0.1) is 20.3 Å². The van der Waals surface area contributed by atoms with Crippen molar-refractivity contribution in [1.82, 2.24) is 0 Å². The Balaban J connectivity index is 1.41. The zero-order valence-electron chi connectivity index (χ0n) is 16.0. The number of hydrogen-bond donors (Lipinski definition) is 1. The van der Waals surface area contributed by atoms with Crippen molar-refractivity contribution in [3.8, 4) is 5.75 Å². The van der Waals surface area contributed by atoms with Crippen molar-refractivity contribution in [2.75, 3.05) is 43.6 Å². The van der Waals surface area contributed by atoms with Crippen molar-refractivity contribution in [1.29, 1.82) is 0 Å². The van der Waals surface area contributed by atoms with E-state index in [2.05, 4.69) is 10.2 Å². The molecule has 0 spiro atoms. The lowest BCUT2D eigenvalue weighted by Gasteiger charge is -2.28. The highest BCUT2D eigenvalue weighted by Gasteiger charge is 2.11. The van der Waals surface area contributed by atoms with Gasteiger partial charge in [-0.05, 0) is 42.5 Å². The molecule has 7 heteroatoms. The number of rotatable bonds is 5. The summed E-state index contributed by atoms with van der Waals surface area (Å²) in [6.07, 6.45) is 3.05. The molecule has 150 valence electrons. The molecule has 1 saturated heterocycles. The molecule has 0 atom stereocenters. The first-order chi connectivity index (χ1) is 14.1. The minimum Gasteiger partial charge on any atom is -0.493 e. The average Bonchev–Trinajstić information content (AvgIpc) is 3.15. The molecule has 3 aromatic rings. The fraction of sp³-hybridized carbons (Fsp3) is 0.227. The van der Waals surface area contributed by atoms with Gasteiger partial charge in [0.15, 0.2) is 11.3 Å². The second-order valence-electron chi connectivity index (χ2n) is 6.64. The molecule has 0 radical (unpaired) electrons. The van der Waals surface area contributed by atoms with Gasteiger partial charge in [-0.25, -0.2) is 0 Å². The summed E-state index contributed by atoms with van der Waals surface area (Å²) in [4.78, 5) is 14.5. The predicted molar refractivity (Wildman–Crippen MR) is 115 cm³/mol. The van der Waals surface area contributed by atoms with Gasteiger partial charge in [-0.1, -0.05) is 11.6 Å². The van der Waals surface area contributed by atoms with Gasteiger partial charge in [0.25, 0.3) is 0 Å². The van der Waals surface area contributed by atoms with Crippen LogP contribution < -0.4 is 15.0 Å². The maximum Gasteiger partial charge on any atom is 0.248 e. The summed E-state index contributed by atoms with van der Waals surface area (Å²) in [5.74, 6) is 0.852. The number of amides is 1. The molecule has 29 heavy (non-hydrogen) atoms. The molecule has 2 heterocycles. The van der Waals surface area contributed by atoms with E-state index in [4.69, 9.17) is 25.5 Å². The van der Waals surface area contributed by atoms with E-state index in [-0.39, 0.29) is 5.91 Å². The van der Waals surface area contributed by atoms with Crippen LogP contribution in [0.2, 0.25) is 5.02 Å². The lowest BCUT2D eigenvalue weighted by atomic mass is 10.2. The summed E-state index contributed by atoms with van der Waals surface area (Å²) >= 11 is 6.08. The van der Waals surface area contributed by atoms with Gasteiger partial charge < -0.3 is 24.1 Å². The molecule has 1 N–H and O–H groups in total. The third-order valence-electron chi connectivity index (χ3n) is 4.70. The third kappa shape index (κ3) is 4.55. The Kier molecular flexibility index (Phi) is 5.74. The van der Waals surface area contributed by atoms with Crippen molar-refractivity contribution < 1.29 is 18.7 Å². The number of halogens is 1. The first kappa shape index (κ1) is 19.4. The average molecular weight is 413 g/mol. The molecular formula is C22H21ClN2O4. The lowest BCUT2D eigenvalue weighted by molar-refractivity contribution is -0.111. The van der Waals surface area contributed by atoms with Gasteiger partial charge in [-0.15, -0.1) is 0 Å². The van der Waals surface area contributed by atoms with Crippen LogP contribution in [0.25, 0.3) is 17.0 Å². The molecule has 0 saturated carbocycles. The molecule has 2 aromatic carbocycles. The van der Waals surface area contributed by atoms with Crippen LogP contribution in [0.5, 0.6) is 5.75 Å². The predicted octanol–water partition coefficient (Wildman–Crippen LogP) is 4.58. The highest BCUT2D eigenvalue weighted by Crippen LogP contribution is 2.32. The number of fused-ring (bicyclic) bond motifs is 1. The molecule has 0 bridgehead atoms. The number of methoxy groups -OCH3 is 1. The number of furan rings is 1. The van der Waals surface area contributed by atoms with Crippen LogP contribution >= 0.6 is 11.6 Å². The van der Waals surface area contributed by atoms with Crippen molar-refractivity contribution in [2.24, 2.45) is 0 Å². The molecule has 6 nitrogen and oxygen atoms in total. The molecule has 4 rings (SSSR count). The first-order valence-corrected chi connectivity index (χ1v) is 9.69. The van der Waals surface area contributed by atoms with E-state index < -0.39 is 0 Å². The number of nitrogens with one attached hydrogen (secondary N) is 1. The second-order valence-corrected chi connectivity index (χ2v) is 7.08. The molecule has 1 fully saturated rings. The van der Waals surface area contributed by atoms with Gasteiger partial charge in [-0.3, -0.25) is 4.79 Å². The summed E-state index contributed by atoms with van der Waals surface area (Å²) < 4.78 is 16.4. The summed E-state index contributed by atoms with van der Waals surface area (Å²) in [7, 11) is 1.56. The number of carbonyl (C=O) groups excluding carboxylic acids is 1. The monoisotopic (exact) mass is 412 g/mol. The fourth-order valence-electron chi connectivity index (χ4n) is 3.26. The standard InChI is InChI=1S/C22H21ClN2O4/c1-27-20-14-16(23)12-15-13-19(29-22(15)20)6-7-21(26)24-17-2-4-18(5-3-17)25-8-10-28-11-9-25/h2-7,12-14H,8-11H2,1H3,(H,24,26)/b7-6+. The Morgan fingerprint density at radius 2 is 1.93 bits per heavy atom. The van der Waals surface area contributed by atoms with Gasteiger partial charge in [0.1, 0.15) is 5.76 Å². The number of nitrogens with zero attached hydrogens (tertiary/aromatic N) is 1. The minimum absolute atomic E-state index is 0.241. The van der Waals surface area contributed by atoms with Gasteiger partial charge >= 0.3 is 0 Å². The van der Waals surface area contributed by atoms with Crippen molar-refractivity contribution >= 4 is 45.9 Å². The van der Waals surface area contributed by atoms with Crippen LogP contribution in [0.4, 0.5) is 11.4 Å². The summed E-state index contributed by atoms with van der Waals surface area (Å²) in [6.45, 7) is 3.23. The van der Waals surface area contributed by atoms with Gasteiger partial charge in [-0.2, -0.15) is 0 Å². The van der Waals surface area contributed by atoms with Crippen molar-refractivity contribution in [3.63, 3.8) is 0 Å². The summed E-state index contributed by atoms with van der Waals surface area (Å²) in [5, 5.41) is 4.22.